The van der Waals surface area contributed by atoms with Gasteiger partial charge < -0.3 is 43.4 Å². The SMILES string of the molecule is CO[C@H]1CC(O[C@@H]2/C(C)=C/C[C@@H]3C[C@@H](C[C@]4(CC[C@H](C)[C@@H](C5CCCCC5)O4)O3)OC(=O)[C@@H]3C=C(C)C[C@H]4OC/C(=C\C=C\[C@@H]2C)C43O)O[C@@H](C)C1O. The number of rotatable bonds is 4. The van der Waals surface area contributed by atoms with E-state index < -0.39 is 60.1 Å². The van der Waals surface area contributed by atoms with E-state index >= 15 is 0 Å². The van der Waals surface area contributed by atoms with Crippen molar-refractivity contribution in [3.63, 3.8) is 0 Å². The van der Waals surface area contributed by atoms with Crippen molar-refractivity contribution in [2.75, 3.05) is 13.7 Å². The second kappa shape index (κ2) is 16.3. The van der Waals surface area contributed by atoms with Crippen molar-refractivity contribution in [3.05, 3.63) is 47.1 Å². The number of aliphatic hydroxyl groups excluding tert-OH is 1. The number of esters is 1. The van der Waals surface area contributed by atoms with Gasteiger partial charge in [-0.15, -0.1) is 0 Å². The van der Waals surface area contributed by atoms with Crippen LogP contribution >= 0.6 is 0 Å². The third kappa shape index (κ3) is 8.18. The molecule has 7 aliphatic rings. The molecule has 0 radical (unpaired) electrons. The van der Waals surface area contributed by atoms with Gasteiger partial charge in [0.2, 0.25) is 0 Å². The summed E-state index contributed by atoms with van der Waals surface area (Å²) in [4.78, 5) is 14.3. The number of carbonyl (C=O) groups excluding carboxylic acids is 1. The maximum Gasteiger partial charge on any atom is 0.316 e. The van der Waals surface area contributed by atoms with E-state index in [0.717, 1.165) is 24.0 Å². The van der Waals surface area contributed by atoms with Gasteiger partial charge >= 0.3 is 5.97 Å². The normalized spacial score (nSPS) is 48.5. The number of fused-ring (bicyclic) bond motifs is 2. The largest absolute Gasteiger partial charge is 0.462 e. The molecule has 14 atom stereocenters. The zero-order chi connectivity index (χ0) is 37.5. The fraction of sp³-hybridized carbons (Fsp3) is 0.791. The lowest BCUT2D eigenvalue weighted by molar-refractivity contribution is -0.342. The highest BCUT2D eigenvalue weighted by molar-refractivity contribution is 5.78. The van der Waals surface area contributed by atoms with Gasteiger partial charge in [0.1, 0.15) is 23.7 Å². The third-order valence-corrected chi connectivity index (χ3v) is 13.5. The van der Waals surface area contributed by atoms with Crippen molar-refractivity contribution >= 4 is 5.97 Å². The fourth-order valence-electron chi connectivity index (χ4n) is 10.4. The van der Waals surface area contributed by atoms with Crippen LogP contribution in [0, 0.1) is 23.7 Å². The zero-order valence-electron chi connectivity index (χ0n) is 32.7. The summed E-state index contributed by atoms with van der Waals surface area (Å²) in [5.74, 6) is -1.29. The van der Waals surface area contributed by atoms with E-state index in [2.05, 4.69) is 32.9 Å². The van der Waals surface area contributed by atoms with Crippen LogP contribution in [0.4, 0.5) is 0 Å². The highest BCUT2D eigenvalue weighted by Gasteiger charge is 2.57. The van der Waals surface area contributed by atoms with Crippen LogP contribution < -0.4 is 0 Å². The van der Waals surface area contributed by atoms with E-state index in [4.69, 9.17) is 33.2 Å². The molecule has 2 bridgehead atoms. The predicted octanol–water partition coefficient (Wildman–Crippen LogP) is 6.63. The molecule has 4 saturated heterocycles. The van der Waals surface area contributed by atoms with Gasteiger partial charge in [-0.25, -0.2) is 0 Å². The van der Waals surface area contributed by atoms with E-state index in [1.165, 1.54) is 32.1 Å². The molecule has 2 N–H and O–H groups in total. The molecule has 1 saturated carbocycles. The Labute approximate surface area is 316 Å². The monoisotopic (exact) mass is 740 g/mol. The van der Waals surface area contributed by atoms with Crippen LogP contribution in [0.5, 0.6) is 0 Å². The molecule has 0 aromatic carbocycles. The van der Waals surface area contributed by atoms with Gasteiger partial charge in [-0.05, 0) is 75.9 Å². The molecule has 1 spiro atoms. The van der Waals surface area contributed by atoms with Crippen molar-refractivity contribution in [3.8, 4) is 0 Å². The Hall–Kier alpha value is -1.89. The second-order valence-electron chi connectivity index (χ2n) is 17.4. The van der Waals surface area contributed by atoms with Crippen LogP contribution in [0.15, 0.2) is 47.1 Å². The lowest BCUT2D eigenvalue weighted by Crippen LogP contribution is -2.56. The summed E-state index contributed by atoms with van der Waals surface area (Å²) < 4.78 is 45.3. The molecule has 53 heavy (non-hydrogen) atoms. The third-order valence-electron chi connectivity index (χ3n) is 13.5. The highest BCUT2D eigenvalue weighted by Crippen LogP contribution is 2.48. The maximum absolute atomic E-state index is 14.3. The summed E-state index contributed by atoms with van der Waals surface area (Å²) >= 11 is 0. The van der Waals surface area contributed by atoms with E-state index in [0.29, 0.717) is 49.5 Å². The molecular formula is C43H64O10. The van der Waals surface area contributed by atoms with E-state index in [1.807, 2.05) is 32.1 Å². The number of hydrogen-bond donors (Lipinski definition) is 2. The molecule has 5 aliphatic heterocycles. The molecule has 0 amide bonds. The maximum atomic E-state index is 14.3. The van der Waals surface area contributed by atoms with E-state index in [1.54, 1.807) is 7.11 Å². The van der Waals surface area contributed by atoms with Crippen LogP contribution in [-0.4, -0.2) is 96.4 Å². The summed E-state index contributed by atoms with van der Waals surface area (Å²) in [5, 5.41) is 23.1. The average Bonchev–Trinajstić information content (AvgIpc) is 3.46. The minimum atomic E-state index is -1.51. The van der Waals surface area contributed by atoms with Crippen LogP contribution in [0.25, 0.3) is 0 Å². The molecular weight excluding hydrogens is 676 g/mol. The van der Waals surface area contributed by atoms with Gasteiger partial charge in [-0.1, -0.05) is 69.1 Å². The van der Waals surface area contributed by atoms with E-state index in [-0.39, 0.29) is 30.8 Å². The summed E-state index contributed by atoms with van der Waals surface area (Å²) in [6.45, 7) is 10.6. The molecule has 296 valence electrons. The Morgan fingerprint density at radius 1 is 1.00 bits per heavy atom. The standard InChI is InChI=1S/C43H64O10/c1-25-19-34-41(45)50-33-21-32(52-42(23-33)18-17-28(4)40(53-42)30-12-8-7-9-13-30)16-15-27(3)39(51-37-22-35(47-6)38(44)29(5)49-37)26(2)11-10-14-31-24-48-36(20-25)43(31,34)46/h10-11,14-15,19,26,28-30,32-40,44,46H,7-9,12-13,16-18,20-24H2,1-6H3/b11-10+,27-15+,31-14+/t26-,28-,29-,32+,33-,34-,35-,36+,37?,38?,39-,40-,42+,43?/m0/s1. The predicted molar refractivity (Wildman–Crippen MR) is 199 cm³/mol. The number of hydrogen-bond acceptors (Lipinski definition) is 10. The minimum Gasteiger partial charge on any atom is -0.462 e. The van der Waals surface area contributed by atoms with Gasteiger partial charge in [0.25, 0.3) is 0 Å². The Bertz CT molecular complexity index is 1430. The second-order valence-corrected chi connectivity index (χ2v) is 17.4. The number of allylic oxidation sites excluding steroid dienone is 2. The summed E-state index contributed by atoms with van der Waals surface area (Å²) in [6.07, 6.45) is 16.8. The molecule has 0 aromatic heterocycles. The molecule has 3 unspecified atom stereocenters. The Kier molecular flexibility index (Phi) is 12.1. The zero-order valence-corrected chi connectivity index (χ0v) is 32.7. The minimum absolute atomic E-state index is 0.0874. The van der Waals surface area contributed by atoms with E-state index in [9.17, 15) is 15.0 Å². The summed E-state index contributed by atoms with van der Waals surface area (Å²) in [7, 11) is 1.61. The van der Waals surface area contributed by atoms with Gasteiger partial charge in [-0.3, -0.25) is 4.79 Å². The number of carbonyl (C=O) groups is 1. The van der Waals surface area contributed by atoms with Crippen LogP contribution in [0.2, 0.25) is 0 Å². The Morgan fingerprint density at radius 3 is 2.57 bits per heavy atom. The molecule has 10 nitrogen and oxygen atoms in total. The van der Waals surface area contributed by atoms with Gasteiger partial charge in [0.15, 0.2) is 12.1 Å². The first-order valence-corrected chi connectivity index (χ1v) is 20.5. The summed E-state index contributed by atoms with van der Waals surface area (Å²) in [6, 6.07) is 0. The van der Waals surface area contributed by atoms with Gasteiger partial charge in [0, 0.05) is 38.7 Å². The fourth-order valence-corrected chi connectivity index (χ4v) is 10.4. The molecule has 5 heterocycles. The number of aliphatic hydroxyl groups is 2. The lowest BCUT2D eigenvalue weighted by atomic mass is 9.72. The molecule has 5 fully saturated rings. The first-order valence-electron chi connectivity index (χ1n) is 20.5. The first-order chi connectivity index (χ1) is 25.4. The van der Waals surface area contributed by atoms with Crippen molar-refractivity contribution in [1.82, 2.24) is 0 Å². The van der Waals surface area contributed by atoms with Crippen LogP contribution in [-0.2, 0) is 38.0 Å². The van der Waals surface area contributed by atoms with Crippen molar-refractivity contribution < 1.29 is 48.2 Å². The van der Waals surface area contributed by atoms with Crippen molar-refractivity contribution in [1.29, 1.82) is 0 Å². The number of ether oxygens (including phenoxy) is 7. The quantitative estimate of drug-likeness (QED) is 0.240. The molecule has 7 rings (SSSR count). The number of methoxy groups -OCH3 is 1. The van der Waals surface area contributed by atoms with Crippen LogP contribution in [0.1, 0.15) is 112 Å². The van der Waals surface area contributed by atoms with Crippen LogP contribution in [0.3, 0.4) is 0 Å². The van der Waals surface area contributed by atoms with Crippen molar-refractivity contribution in [2.24, 2.45) is 23.7 Å². The highest BCUT2D eigenvalue weighted by atomic mass is 16.7. The average molecular weight is 741 g/mol. The van der Waals surface area contributed by atoms with Gasteiger partial charge in [0.05, 0.1) is 43.2 Å². The molecule has 10 heteroatoms. The topological polar surface area (TPSA) is 122 Å². The Balaban J connectivity index is 1.22. The molecule has 0 aromatic rings. The lowest BCUT2D eigenvalue weighted by Gasteiger charge is -2.51. The van der Waals surface area contributed by atoms with Crippen molar-refractivity contribution in [2.45, 2.75) is 178 Å². The van der Waals surface area contributed by atoms with Gasteiger partial charge in [-0.2, -0.15) is 0 Å². The Morgan fingerprint density at radius 2 is 1.79 bits per heavy atom. The molecule has 2 aliphatic carbocycles. The summed E-state index contributed by atoms with van der Waals surface area (Å²) in [5.41, 5.74) is 1.19. The first kappa shape index (κ1) is 39.3. The smallest absolute Gasteiger partial charge is 0.316 e.